The minimum atomic E-state index is -3.87. The Kier molecular flexibility index (Phi) is 5.47. The first kappa shape index (κ1) is 21.9. The summed E-state index contributed by atoms with van der Waals surface area (Å²) in [5.74, 6) is 0. The van der Waals surface area contributed by atoms with Gasteiger partial charge >= 0.3 is 0 Å². The van der Waals surface area contributed by atoms with Crippen molar-refractivity contribution in [1.29, 1.82) is 0 Å². The molecule has 0 bridgehead atoms. The summed E-state index contributed by atoms with van der Waals surface area (Å²) in [6.07, 6.45) is 0. The van der Waals surface area contributed by atoms with Gasteiger partial charge < -0.3 is 0 Å². The van der Waals surface area contributed by atoms with Crippen LogP contribution >= 0.6 is 0 Å². The van der Waals surface area contributed by atoms with Crippen molar-refractivity contribution in [2.75, 3.05) is 9.44 Å². The molecule has 5 rings (SSSR count). The number of nitrogens with one attached hydrogen (secondary N) is 2. The van der Waals surface area contributed by atoms with Crippen LogP contribution in [0.15, 0.2) is 119 Å². The Morgan fingerprint density at radius 1 is 0.471 bits per heavy atom. The van der Waals surface area contributed by atoms with E-state index in [1.54, 1.807) is 24.3 Å². The predicted octanol–water partition coefficient (Wildman–Crippen LogP) is 5.59. The van der Waals surface area contributed by atoms with Gasteiger partial charge in [0, 0.05) is 11.1 Å². The number of benzene rings is 5. The smallest absolute Gasteiger partial charge is 0.261 e. The molecule has 0 heterocycles. The zero-order valence-electron chi connectivity index (χ0n) is 17.8. The molecule has 6 nitrogen and oxygen atoms in total. The molecular formula is C26H20N2O4S2. The van der Waals surface area contributed by atoms with Crippen LogP contribution in [0.3, 0.4) is 0 Å². The fraction of sp³-hybridized carbons (Fsp3) is 0. The minimum Gasteiger partial charge on any atom is -0.280 e. The van der Waals surface area contributed by atoms with Crippen LogP contribution in [0.2, 0.25) is 0 Å². The Labute approximate surface area is 198 Å². The van der Waals surface area contributed by atoms with Gasteiger partial charge in [-0.25, -0.2) is 16.8 Å². The fourth-order valence-corrected chi connectivity index (χ4v) is 5.94. The molecule has 0 fully saturated rings. The summed E-state index contributed by atoms with van der Waals surface area (Å²) in [4.78, 5) is 0.148. The third kappa shape index (κ3) is 4.33. The standard InChI is InChI=1S/C26H20N2O4S2/c29-33(30,28-26-11-5-9-20-7-3-4-10-25(20)26)23-16-13-22(14-17-23)27-34(31,32)24-15-12-19-6-1-2-8-21(19)18-24/h1-18,27-28H. The Bertz CT molecular complexity index is 1730. The summed E-state index contributed by atoms with van der Waals surface area (Å²) in [7, 11) is -7.71. The topological polar surface area (TPSA) is 92.3 Å². The summed E-state index contributed by atoms with van der Waals surface area (Å²) in [5.41, 5.74) is 0.733. The first-order valence-electron chi connectivity index (χ1n) is 10.4. The van der Waals surface area contributed by atoms with Crippen molar-refractivity contribution >= 4 is 53.0 Å². The zero-order valence-corrected chi connectivity index (χ0v) is 19.5. The summed E-state index contributed by atoms with van der Waals surface area (Å²) < 4.78 is 56.7. The molecule has 0 amide bonds. The molecule has 8 heteroatoms. The Morgan fingerprint density at radius 2 is 1.06 bits per heavy atom. The number of anilines is 2. The van der Waals surface area contributed by atoms with E-state index in [1.807, 2.05) is 54.6 Å². The highest BCUT2D eigenvalue weighted by Crippen LogP contribution is 2.27. The number of hydrogen-bond acceptors (Lipinski definition) is 4. The highest BCUT2D eigenvalue weighted by molar-refractivity contribution is 7.93. The summed E-state index contributed by atoms with van der Waals surface area (Å²) in [6.45, 7) is 0. The van der Waals surface area contributed by atoms with Crippen molar-refractivity contribution in [3.8, 4) is 0 Å². The fourth-order valence-electron chi connectivity index (χ4n) is 3.77. The van der Waals surface area contributed by atoms with Crippen LogP contribution < -0.4 is 9.44 Å². The van der Waals surface area contributed by atoms with E-state index in [2.05, 4.69) is 9.44 Å². The molecule has 0 atom stereocenters. The van der Waals surface area contributed by atoms with Crippen LogP contribution in [0.1, 0.15) is 0 Å². The minimum absolute atomic E-state index is 0.0223. The van der Waals surface area contributed by atoms with E-state index in [1.165, 1.54) is 30.3 Å². The molecule has 2 N–H and O–H groups in total. The van der Waals surface area contributed by atoms with Gasteiger partial charge in [0.05, 0.1) is 15.5 Å². The van der Waals surface area contributed by atoms with Gasteiger partial charge in [0.2, 0.25) is 0 Å². The molecule has 0 aliphatic rings. The highest BCUT2D eigenvalue weighted by Gasteiger charge is 2.18. The molecular weight excluding hydrogens is 468 g/mol. The monoisotopic (exact) mass is 488 g/mol. The second kappa shape index (κ2) is 8.48. The van der Waals surface area contributed by atoms with Gasteiger partial charge in [-0.2, -0.15) is 0 Å². The summed E-state index contributed by atoms with van der Waals surface area (Å²) in [5, 5.41) is 3.45. The largest absolute Gasteiger partial charge is 0.280 e. The van der Waals surface area contributed by atoms with Gasteiger partial charge in [-0.1, -0.05) is 66.7 Å². The maximum atomic E-state index is 12.9. The second-order valence-corrected chi connectivity index (χ2v) is 11.1. The molecule has 0 saturated heterocycles. The molecule has 5 aromatic rings. The Balaban J connectivity index is 1.38. The number of rotatable bonds is 6. The third-order valence-electron chi connectivity index (χ3n) is 5.48. The van der Waals surface area contributed by atoms with E-state index in [9.17, 15) is 16.8 Å². The lowest BCUT2D eigenvalue weighted by Gasteiger charge is -2.12. The van der Waals surface area contributed by atoms with Crippen molar-refractivity contribution in [3.05, 3.63) is 109 Å². The quantitative estimate of drug-likeness (QED) is 0.326. The third-order valence-corrected chi connectivity index (χ3v) is 8.24. The van der Waals surface area contributed by atoms with Crippen molar-refractivity contribution in [1.82, 2.24) is 0 Å². The molecule has 0 radical (unpaired) electrons. The molecule has 0 aromatic heterocycles. The van der Waals surface area contributed by atoms with Gasteiger partial charge in [-0.05, 0) is 58.6 Å². The first-order chi connectivity index (χ1) is 16.3. The molecule has 0 aliphatic carbocycles. The lowest BCUT2D eigenvalue weighted by atomic mass is 10.1. The first-order valence-corrected chi connectivity index (χ1v) is 13.4. The van der Waals surface area contributed by atoms with E-state index >= 15 is 0 Å². The van der Waals surface area contributed by atoms with E-state index in [4.69, 9.17) is 0 Å². The maximum absolute atomic E-state index is 12.9. The van der Waals surface area contributed by atoms with E-state index in [0.29, 0.717) is 5.69 Å². The summed E-state index contributed by atoms with van der Waals surface area (Å²) >= 11 is 0. The zero-order chi connectivity index (χ0) is 23.8. The van der Waals surface area contributed by atoms with Gasteiger partial charge in [0.15, 0.2) is 0 Å². The van der Waals surface area contributed by atoms with Gasteiger partial charge in [0.1, 0.15) is 0 Å². The van der Waals surface area contributed by atoms with Crippen LogP contribution in [0.5, 0.6) is 0 Å². The molecule has 0 aliphatic heterocycles. The predicted molar refractivity (Wildman–Crippen MR) is 136 cm³/mol. The van der Waals surface area contributed by atoms with Crippen LogP contribution in [0, 0.1) is 0 Å². The number of sulfonamides is 2. The maximum Gasteiger partial charge on any atom is 0.261 e. The SMILES string of the molecule is O=S(=O)(Nc1ccc(S(=O)(=O)Nc2cccc3ccccc23)cc1)c1ccc2ccccc2c1. The lowest BCUT2D eigenvalue weighted by molar-refractivity contribution is 0.600. The molecule has 170 valence electrons. The number of hydrogen-bond donors (Lipinski definition) is 2. The average Bonchev–Trinajstić information content (AvgIpc) is 2.84. The van der Waals surface area contributed by atoms with Crippen LogP contribution in [0.25, 0.3) is 21.5 Å². The second-order valence-electron chi connectivity index (χ2n) is 7.77. The Morgan fingerprint density at radius 3 is 1.82 bits per heavy atom. The van der Waals surface area contributed by atoms with Crippen molar-refractivity contribution in [3.63, 3.8) is 0 Å². The molecule has 5 aromatic carbocycles. The number of fused-ring (bicyclic) bond motifs is 2. The van der Waals surface area contributed by atoms with E-state index < -0.39 is 20.0 Å². The van der Waals surface area contributed by atoms with Crippen molar-refractivity contribution in [2.24, 2.45) is 0 Å². The van der Waals surface area contributed by atoms with Gasteiger partial charge in [0.25, 0.3) is 20.0 Å². The summed E-state index contributed by atoms with van der Waals surface area (Å²) in [6, 6.07) is 30.8. The van der Waals surface area contributed by atoms with E-state index in [0.717, 1.165) is 21.5 Å². The van der Waals surface area contributed by atoms with Crippen molar-refractivity contribution in [2.45, 2.75) is 9.79 Å². The average molecular weight is 489 g/mol. The molecule has 34 heavy (non-hydrogen) atoms. The Hall–Kier alpha value is -3.88. The van der Waals surface area contributed by atoms with E-state index in [-0.39, 0.29) is 15.5 Å². The van der Waals surface area contributed by atoms with Crippen LogP contribution in [0.4, 0.5) is 11.4 Å². The highest BCUT2D eigenvalue weighted by atomic mass is 32.2. The van der Waals surface area contributed by atoms with Crippen LogP contribution in [-0.4, -0.2) is 16.8 Å². The van der Waals surface area contributed by atoms with Gasteiger partial charge in [-0.15, -0.1) is 0 Å². The normalized spacial score (nSPS) is 12.0. The van der Waals surface area contributed by atoms with Crippen molar-refractivity contribution < 1.29 is 16.8 Å². The molecule has 0 saturated carbocycles. The van der Waals surface area contributed by atoms with Gasteiger partial charge in [-0.3, -0.25) is 9.44 Å². The van der Waals surface area contributed by atoms with Crippen LogP contribution in [-0.2, 0) is 20.0 Å². The molecule has 0 spiro atoms. The lowest BCUT2D eigenvalue weighted by Crippen LogP contribution is -2.14. The molecule has 0 unspecified atom stereocenters.